The second-order valence-corrected chi connectivity index (χ2v) is 19.4. The van der Waals surface area contributed by atoms with Crippen molar-refractivity contribution in [2.24, 2.45) is 0 Å². The van der Waals surface area contributed by atoms with Crippen molar-refractivity contribution in [3.63, 3.8) is 0 Å². The van der Waals surface area contributed by atoms with Crippen LogP contribution in [0, 0.1) is 0 Å². The van der Waals surface area contributed by atoms with Crippen LogP contribution < -0.4 is 4.90 Å². The van der Waals surface area contributed by atoms with Crippen LogP contribution in [0.1, 0.15) is 69.5 Å². The van der Waals surface area contributed by atoms with Crippen molar-refractivity contribution in [3.8, 4) is 55.6 Å². The molecular formula is C65H43N. The van der Waals surface area contributed by atoms with Crippen LogP contribution in [-0.4, -0.2) is 0 Å². The summed E-state index contributed by atoms with van der Waals surface area (Å²) in [6, 6.07) is 85.7. The summed E-state index contributed by atoms with van der Waals surface area (Å²) in [5.41, 5.74) is 28.9. The minimum atomic E-state index is -0.541. The molecule has 1 heteroatoms. The van der Waals surface area contributed by atoms with Crippen LogP contribution in [0.4, 0.5) is 17.1 Å². The Balaban J connectivity index is 1.08. The van der Waals surface area contributed by atoms with E-state index in [1.165, 1.54) is 123 Å². The van der Waals surface area contributed by atoms with Gasteiger partial charge in [0.2, 0.25) is 0 Å². The van der Waals surface area contributed by atoms with E-state index in [4.69, 9.17) is 0 Å². The summed E-state index contributed by atoms with van der Waals surface area (Å²) in [4.78, 5) is 2.66. The van der Waals surface area contributed by atoms with Crippen molar-refractivity contribution in [1.82, 2.24) is 0 Å². The minimum absolute atomic E-state index is 0.181. The van der Waals surface area contributed by atoms with E-state index in [0.717, 1.165) is 5.69 Å². The Morgan fingerprint density at radius 1 is 0.273 bits per heavy atom. The van der Waals surface area contributed by atoms with Crippen LogP contribution in [0.2, 0.25) is 0 Å². The molecule has 0 aliphatic heterocycles. The van der Waals surface area contributed by atoms with Crippen molar-refractivity contribution in [3.05, 3.63) is 280 Å². The van der Waals surface area contributed by atoms with Crippen molar-refractivity contribution >= 4 is 17.1 Å². The lowest BCUT2D eigenvalue weighted by Gasteiger charge is -2.37. The summed E-state index contributed by atoms with van der Waals surface area (Å²) in [6.45, 7) is 4.80. The average molecular weight is 838 g/mol. The Morgan fingerprint density at radius 2 is 0.636 bits per heavy atom. The van der Waals surface area contributed by atoms with Gasteiger partial charge in [0.15, 0.2) is 0 Å². The number of rotatable bonds is 3. The van der Waals surface area contributed by atoms with Gasteiger partial charge in [-0.25, -0.2) is 0 Å². The third-order valence-electron chi connectivity index (χ3n) is 16.3. The quantitative estimate of drug-likeness (QED) is 0.171. The molecule has 0 saturated carbocycles. The van der Waals surface area contributed by atoms with E-state index < -0.39 is 10.8 Å². The van der Waals surface area contributed by atoms with Crippen molar-refractivity contribution < 1.29 is 0 Å². The Kier molecular flexibility index (Phi) is 6.95. The predicted molar refractivity (Wildman–Crippen MR) is 271 cm³/mol. The molecule has 0 fully saturated rings. The zero-order valence-electron chi connectivity index (χ0n) is 36.8. The molecule has 15 rings (SSSR count). The maximum absolute atomic E-state index is 2.66. The minimum Gasteiger partial charge on any atom is -0.309 e. The van der Waals surface area contributed by atoms with Crippen molar-refractivity contribution in [1.29, 1.82) is 0 Å². The van der Waals surface area contributed by atoms with Gasteiger partial charge in [0.1, 0.15) is 0 Å². The van der Waals surface area contributed by atoms with E-state index in [9.17, 15) is 0 Å². The van der Waals surface area contributed by atoms with Gasteiger partial charge < -0.3 is 4.90 Å². The highest BCUT2D eigenvalue weighted by atomic mass is 15.2. The largest absolute Gasteiger partial charge is 0.309 e. The molecule has 5 aliphatic carbocycles. The third-order valence-corrected chi connectivity index (χ3v) is 16.3. The fourth-order valence-corrected chi connectivity index (χ4v) is 13.9. The summed E-state index contributed by atoms with van der Waals surface area (Å²) in [5, 5.41) is 0. The Labute approximate surface area is 386 Å². The first-order valence-electron chi connectivity index (χ1n) is 23.4. The second kappa shape index (κ2) is 12.6. The van der Waals surface area contributed by atoms with Gasteiger partial charge in [0.25, 0.3) is 0 Å². The lowest BCUT2D eigenvalue weighted by Crippen LogP contribution is -2.28. The number of fused-ring (bicyclic) bond motifs is 23. The normalized spacial score (nSPS) is 15.5. The van der Waals surface area contributed by atoms with Gasteiger partial charge in [-0.1, -0.05) is 214 Å². The van der Waals surface area contributed by atoms with Gasteiger partial charge in [0, 0.05) is 22.2 Å². The van der Waals surface area contributed by atoms with Crippen LogP contribution in [0.15, 0.2) is 224 Å². The molecule has 0 radical (unpaired) electrons. The van der Waals surface area contributed by atoms with Gasteiger partial charge in [-0.15, -0.1) is 0 Å². The molecule has 0 N–H and O–H groups in total. The molecule has 0 atom stereocenters. The molecule has 308 valence electrons. The highest BCUT2D eigenvalue weighted by Gasteiger charge is 2.55. The van der Waals surface area contributed by atoms with Crippen molar-refractivity contribution in [2.75, 3.05) is 4.90 Å². The highest BCUT2D eigenvalue weighted by Crippen LogP contribution is 2.68. The third kappa shape index (κ3) is 4.15. The topological polar surface area (TPSA) is 3.24 Å². The number of anilines is 3. The van der Waals surface area contributed by atoms with Gasteiger partial charge in [0.05, 0.1) is 22.2 Å². The molecule has 66 heavy (non-hydrogen) atoms. The van der Waals surface area contributed by atoms with E-state index in [2.05, 4.69) is 243 Å². The van der Waals surface area contributed by atoms with Crippen LogP contribution in [0.3, 0.4) is 0 Å². The average Bonchev–Trinajstić information content (AvgIpc) is 4.11. The maximum Gasteiger partial charge on any atom is 0.0746 e. The Bertz CT molecular complexity index is 3660. The molecule has 0 saturated heterocycles. The van der Waals surface area contributed by atoms with E-state index in [1.807, 2.05) is 0 Å². The monoisotopic (exact) mass is 837 g/mol. The SMILES string of the molecule is CC1(C)c2ccccc2-c2ccc(N(c3cccc4c3-c3ccccc3C43c4ccccc4-c4ccccc43)c3cccc4c3C3(c5ccccc5-c5ccccc53)c3ccccc3-4)cc21. The van der Waals surface area contributed by atoms with Gasteiger partial charge in [-0.2, -0.15) is 0 Å². The summed E-state index contributed by atoms with van der Waals surface area (Å²) < 4.78 is 0. The van der Waals surface area contributed by atoms with Crippen LogP contribution in [0.25, 0.3) is 55.6 Å². The zero-order valence-corrected chi connectivity index (χ0v) is 36.8. The van der Waals surface area contributed by atoms with Gasteiger partial charge in [-0.3, -0.25) is 0 Å². The molecule has 0 unspecified atom stereocenters. The smallest absolute Gasteiger partial charge is 0.0746 e. The highest BCUT2D eigenvalue weighted by molar-refractivity contribution is 6.04. The second-order valence-electron chi connectivity index (χ2n) is 19.4. The first-order valence-corrected chi connectivity index (χ1v) is 23.4. The number of hydrogen-bond donors (Lipinski definition) is 0. The van der Waals surface area contributed by atoms with Crippen LogP contribution in [-0.2, 0) is 16.2 Å². The lowest BCUT2D eigenvalue weighted by atomic mass is 9.70. The molecule has 10 aromatic rings. The molecule has 0 heterocycles. The number of hydrogen-bond acceptors (Lipinski definition) is 1. The molecular weight excluding hydrogens is 795 g/mol. The van der Waals surface area contributed by atoms with Gasteiger partial charge in [-0.05, 0) is 124 Å². The van der Waals surface area contributed by atoms with E-state index in [1.54, 1.807) is 0 Å². The van der Waals surface area contributed by atoms with Gasteiger partial charge >= 0.3 is 0 Å². The van der Waals surface area contributed by atoms with E-state index in [0.29, 0.717) is 0 Å². The zero-order chi connectivity index (χ0) is 43.5. The fourth-order valence-electron chi connectivity index (χ4n) is 13.9. The standard InChI is InChI=1S/C65H43N/c1-63(2)50-27-10-3-19-41(50)47-38-37-40(39-58(47)63)66(59-35-18-34-57-61(59)49-25-9-16-33-56(49)64(57)51-28-11-4-20-42(51)43-21-5-12-29-52(43)64)60-36-17-26-48-46-24-8-15-32-55(46)65(62(48)60)53-30-13-6-22-44(53)45-23-7-14-31-54(45)65/h3-39H,1-2H3. The predicted octanol–water partition coefficient (Wildman–Crippen LogP) is 16.1. The molecule has 0 bridgehead atoms. The fraction of sp³-hybridized carbons (Fsp3) is 0.0769. The van der Waals surface area contributed by atoms with E-state index in [-0.39, 0.29) is 5.41 Å². The maximum atomic E-state index is 2.66. The summed E-state index contributed by atoms with van der Waals surface area (Å²) in [5.74, 6) is 0. The Morgan fingerprint density at radius 3 is 1.18 bits per heavy atom. The number of benzene rings is 10. The van der Waals surface area contributed by atoms with Crippen LogP contribution >= 0.6 is 0 Å². The molecule has 2 spiro atoms. The Hall–Kier alpha value is -8.00. The van der Waals surface area contributed by atoms with Crippen molar-refractivity contribution in [2.45, 2.75) is 30.1 Å². The molecule has 5 aliphatic rings. The lowest BCUT2D eigenvalue weighted by molar-refractivity contribution is 0.660. The first kappa shape index (κ1) is 36.4. The summed E-state index contributed by atoms with van der Waals surface area (Å²) in [6.07, 6.45) is 0. The molecule has 1 nitrogen and oxygen atoms in total. The molecule has 0 amide bonds. The molecule has 0 aromatic heterocycles. The number of nitrogens with zero attached hydrogens (tertiary/aromatic N) is 1. The molecule has 10 aromatic carbocycles. The first-order chi connectivity index (χ1) is 32.5. The summed E-state index contributed by atoms with van der Waals surface area (Å²) >= 11 is 0. The van der Waals surface area contributed by atoms with Crippen LogP contribution in [0.5, 0.6) is 0 Å². The summed E-state index contributed by atoms with van der Waals surface area (Å²) in [7, 11) is 0. The van der Waals surface area contributed by atoms with E-state index >= 15 is 0 Å².